The number of thioether (sulfide) groups is 1. The summed E-state index contributed by atoms with van der Waals surface area (Å²) in [6.45, 7) is 2.65. The van der Waals surface area contributed by atoms with Gasteiger partial charge in [-0.25, -0.2) is 0 Å². The molecule has 0 fully saturated rings. The second kappa shape index (κ2) is 9.44. The zero-order valence-corrected chi connectivity index (χ0v) is 17.2. The lowest BCUT2D eigenvalue weighted by Crippen LogP contribution is -2.30. The second-order valence-corrected chi connectivity index (χ2v) is 7.94. The molecule has 1 amide bonds. The van der Waals surface area contributed by atoms with Crippen molar-refractivity contribution >= 4 is 46.5 Å². The van der Waals surface area contributed by atoms with Crippen LogP contribution in [-0.2, 0) is 4.79 Å². The second-order valence-electron chi connectivity index (χ2n) is 6.16. The predicted octanol–water partition coefficient (Wildman–Crippen LogP) is 4.83. The first-order valence-corrected chi connectivity index (χ1v) is 10.5. The minimum Gasteiger partial charge on any atom is -0.355 e. The number of benzene rings is 1. The summed E-state index contributed by atoms with van der Waals surface area (Å²) in [7, 11) is 0. The van der Waals surface area contributed by atoms with Gasteiger partial charge in [0.2, 0.25) is 5.91 Å². The van der Waals surface area contributed by atoms with E-state index in [-0.39, 0.29) is 17.6 Å². The summed E-state index contributed by atoms with van der Waals surface area (Å²) in [5.74, 6) is 0.393. The summed E-state index contributed by atoms with van der Waals surface area (Å²) < 4.78 is 1.87. The van der Waals surface area contributed by atoms with E-state index in [0.717, 1.165) is 24.1 Å². The molecule has 5 nitrogen and oxygen atoms in total. The smallest absolute Gasteiger partial charge is 0.230 e. The molecule has 1 aromatic carbocycles. The van der Waals surface area contributed by atoms with Crippen molar-refractivity contribution in [2.75, 3.05) is 12.3 Å². The lowest BCUT2D eigenvalue weighted by Gasteiger charge is -2.19. The standard InChI is InChI=1S/C19H20Cl2N4OS/c1-2-5-13(15-8-7-14(20)10-16(15)21)11-22-18(26)12-27-19-24-23-17-6-3-4-9-25(17)19/h3-4,6-10,13H,2,5,11-12H2,1H3,(H,22,26)/t13-/m0/s1. The summed E-state index contributed by atoms with van der Waals surface area (Å²) in [4.78, 5) is 12.3. The van der Waals surface area contributed by atoms with E-state index >= 15 is 0 Å². The number of carbonyl (C=O) groups is 1. The number of hydrogen-bond acceptors (Lipinski definition) is 4. The number of carbonyl (C=O) groups excluding carboxylic acids is 1. The van der Waals surface area contributed by atoms with E-state index in [2.05, 4.69) is 22.4 Å². The molecular weight excluding hydrogens is 403 g/mol. The molecule has 2 heterocycles. The highest BCUT2D eigenvalue weighted by atomic mass is 35.5. The number of pyridine rings is 1. The molecule has 0 aliphatic carbocycles. The van der Waals surface area contributed by atoms with Gasteiger partial charge >= 0.3 is 0 Å². The minimum absolute atomic E-state index is 0.0427. The van der Waals surface area contributed by atoms with Gasteiger partial charge in [0.25, 0.3) is 0 Å². The van der Waals surface area contributed by atoms with E-state index in [4.69, 9.17) is 23.2 Å². The zero-order chi connectivity index (χ0) is 19.2. The third-order valence-electron chi connectivity index (χ3n) is 4.20. The summed E-state index contributed by atoms with van der Waals surface area (Å²) in [5, 5.41) is 13.2. The molecule has 0 radical (unpaired) electrons. The Balaban J connectivity index is 1.57. The normalized spacial score (nSPS) is 12.3. The number of aromatic nitrogens is 3. The minimum atomic E-state index is -0.0427. The third kappa shape index (κ3) is 5.15. The molecule has 1 N–H and O–H groups in total. The molecule has 142 valence electrons. The van der Waals surface area contributed by atoms with Crippen LogP contribution in [-0.4, -0.2) is 32.8 Å². The van der Waals surface area contributed by atoms with Crippen LogP contribution in [0.1, 0.15) is 31.2 Å². The maximum atomic E-state index is 12.3. The van der Waals surface area contributed by atoms with E-state index in [0.29, 0.717) is 21.7 Å². The van der Waals surface area contributed by atoms with Crippen LogP contribution in [0.25, 0.3) is 5.65 Å². The van der Waals surface area contributed by atoms with Gasteiger partial charge in [0.15, 0.2) is 10.8 Å². The molecule has 1 atom stereocenters. The van der Waals surface area contributed by atoms with Crippen LogP contribution in [0.2, 0.25) is 10.0 Å². The van der Waals surface area contributed by atoms with E-state index in [1.807, 2.05) is 40.9 Å². The number of hydrogen-bond donors (Lipinski definition) is 1. The average molecular weight is 423 g/mol. The molecule has 3 aromatic rings. The highest BCUT2D eigenvalue weighted by molar-refractivity contribution is 7.99. The molecule has 0 spiro atoms. The fourth-order valence-corrected chi connectivity index (χ4v) is 4.20. The number of nitrogens with zero attached hydrogens (tertiary/aromatic N) is 3. The van der Waals surface area contributed by atoms with E-state index in [9.17, 15) is 4.79 Å². The van der Waals surface area contributed by atoms with E-state index < -0.39 is 0 Å². The van der Waals surface area contributed by atoms with Gasteiger partial charge in [0, 0.05) is 28.7 Å². The molecule has 8 heteroatoms. The van der Waals surface area contributed by atoms with Gasteiger partial charge in [-0.2, -0.15) is 0 Å². The molecule has 3 rings (SSSR count). The van der Waals surface area contributed by atoms with Crippen LogP contribution in [0.15, 0.2) is 47.8 Å². The van der Waals surface area contributed by atoms with Gasteiger partial charge in [-0.1, -0.05) is 60.4 Å². The van der Waals surface area contributed by atoms with Crippen molar-refractivity contribution in [2.24, 2.45) is 0 Å². The maximum Gasteiger partial charge on any atom is 0.230 e. The Morgan fingerprint density at radius 3 is 2.89 bits per heavy atom. The number of halogens is 2. The Hall–Kier alpha value is -1.76. The lowest BCUT2D eigenvalue weighted by molar-refractivity contribution is -0.118. The summed E-state index contributed by atoms with van der Waals surface area (Å²) in [5.41, 5.74) is 1.78. The Kier molecular flexibility index (Phi) is 6.99. The third-order valence-corrected chi connectivity index (χ3v) is 5.71. The van der Waals surface area contributed by atoms with Crippen LogP contribution >= 0.6 is 35.0 Å². The van der Waals surface area contributed by atoms with Crippen molar-refractivity contribution in [1.82, 2.24) is 19.9 Å². The van der Waals surface area contributed by atoms with Crippen LogP contribution in [0.5, 0.6) is 0 Å². The van der Waals surface area contributed by atoms with Gasteiger partial charge in [0.05, 0.1) is 5.75 Å². The molecule has 0 aliphatic rings. The first-order chi connectivity index (χ1) is 13.1. The van der Waals surface area contributed by atoms with Crippen molar-refractivity contribution in [1.29, 1.82) is 0 Å². The number of nitrogens with one attached hydrogen (secondary N) is 1. The van der Waals surface area contributed by atoms with Gasteiger partial charge in [-0.3, -0.25) is 9.20 Å². The van der Waals surface area contributed by atoms with Crippen molar-refractivity contribution in [3.8, 4) is 0 Å². The molecule has 0 aliphatic heterocycles. The Labute approximate surface area is 172 Å². The largest absolute Gasteiger partial charge is 0.355 e. The highest BCUT2D eigenvalue weighted by Crippen LogP contribution is 2.30. The highest BCUT2D eigenvalue weighted by Gasteiger charge is 2.16. The van der Waals surface area contributed by atoms with Crippen molar-refractivity contribution in [3.63, 3.8) is 0 Å². The number of amides is 1. The first-order valence-electron chi connectivity index (χ1n) is 8.72. The molecule has 27 heavy (non-hydrogen) atoms. The molecule has 0 saturated carbocycles. The molecule has 0 bridgehead atoms. The van der Waals surface area contributed by atoms with E-state index in [1.54, 1.807) is 6.07 Å². The predicted molar refractivity (Wildman–Crippen MR) is 111 cm³/mol. The van der Waals surface area contributed by atoms with Gasteiger partial charge in [0.1, 0.15) is 0 Å². The van der Waals surface area contributed by atoms with Crippen molar-refractivity contribution in [2.45, 2.75) is 30.8 Å². The molecule has 0 saturated heterocycles. The van der Waals surface area contributed by atoms with Gasteiger partial charge < -0.3 is 5.32 Å². The Morgan fingerprint density at radius 2 is 2.11 bits per heavy atom. The summed E-state index contributed by atoms with van der Waals surface area (Å²) in [6.07, 6.45) is 3.82. The summed E-state index contributed by atoms with van der Waals surface area (Å²) in [6, 6.07) is 11.2. The summed E-state index contributed by atoms with van der Waals surface area (Å²) >= 11 is 13.7. The fourth-order valence-electron chi connectivity index (χ4n) is 2.88. The first kappa shape index (κ1) is 20.0. The fraction of sp³-hybridized carbons (Fsp3) is 0.316. The Bertz CT molecular complexity index is 931. The SMILES string of the molecule is CCC[C@@H](CNC(=O)CSc1nnc2ccccn12)c1ccc(Cl)cc1Cl. The number of rotatable bonds is 8. The average Bonchev–Trinajstić information content (AvgIpc) is 3.07. The van der Waals surface area contributed by atoms with Gasteiger partial charge in [-0.05, 0) is 36.2 Å². The maximum absolute atomic E-state index is 12.3. The monoisotopic (exact) mass is 422 g/mol. The topological polar surface area (TPSA) is 59.3 Å². The van der Waals surface area contributed by atoms with Crippen molar-refractivity contribution < 1.29 is 4.79 Å². The van der Waals surface area contributed by atoms with Crippen LogP contribution in [0, 0.1) is 0 Å². The van der Waals surface area contributed by atoms with Crippen LogP contribution in [0.3, 0.4) is 0 Å². The van der Waals surface area contributed by atoms with Gasteiger partial charge in [-0.15, -0.1) is 10.2 Å². The molecule has 0 unspecified atom stereocenters. The van der Waals surface area contributed by atoms with Crippen LogP contribution in [0.4, 0.5) is 0 Å². The lowest BCUT2D eigenvalue weighted by atomic mass is 9.94. The number of fused-ring (bicyclic) bond motifs is 1. The Morgan fingerprint density at radius 1 is 1.26 bits per heavy atom. The molecular formula is C19H20Cl2N4OS. The molecule has 2 aromatic heterocycles. The zero-order valence-electron chi connectivity index (χ0n) is 14.9. The quantitative estimate of drug-likeness (QED) is 0.528. The van der Waals surface area contributed by atoms with Crippen LogP contribution < -0.4 is 5.32 Å². The van der Waals surface area contributed by atoms with E-state index in [1.165, 1.54) is 11.8 Å². The van der Waals surface area contributed by atoms with Crippen molar-refractivity contribution in [3.05, 3.63) is 58.2 Å².